The second-order valence-electron chi connectivity index (χ2n) is 5.38. The van der Waals surface area contributed by atoms with E-state index in [1.54, 1.807) is 4.90 Å². The number of hydrogen-bond donors (Lipinski definition) is 1. The van der Waals surface area contributed by atoms with Gasteiger partial charge < -0.3 is 5.32 Å². The molecule has 0 bridgehead atoms. The minimum atomic E-state index is -5.07. The minimum Gasteiger partial charge on any atom is -0.314 e. The zero-order valence-corrected chi connectivity index (χ0v) is 14.6. The van der Waals surface area contributed by atoms with Crippen LogP contribution < -0.4 is 5.32 Å². The largest absolute Gasteiger partial charge is 0.416 e. The molecule has 1 aliphatic rings. The molecule has 1 fully saturated rings. The summed E-state index contributed by atoms with van der Waals surface area (Å²) in [5.74, 6) is -1.49. The molecule has 1 N–H and O–H groups in total. The lowest BCUT2D eigenvalue weighted by Crippen LogP contribution is -2.45. The van der Waals surface area contributed by atoms with E-state index in [-0.39, 0.29) is 36.9 Å². The Kier molecular flexibility index (Phi) is 8.48. The Morgan fingerprint density at radius 2 is 1.48 bits per heavy atom. The van der Waals surface area contributed by atoms with E-state index >= 15 is 0 Å². The summed E-state index contributed by atoms with van der Waals surface area (Å²) in [6, 6.07) is -0.864. The Labute approximate surface area is 152 Å². The number of hydrogen-bond acceptors (Lipinski definition) is 2. The highest BCUT2D eigenvalue weighted by Gasteiger charge is 2.41. The minimum absolute atomic E-state index is 0. The van der Waals surface area contributed by atoms with Crippen LogP contribution in [0.3, 0.4) is 0 Å². The molecular weight excluding hydrogens is 400 g/mol. The van der Waals surface area contributed by atoms with Crippen molar-refractivity contribution in [1.29, 1.82) is 0 Å². The first-order valence-electron chi connectivity index (χ1n) is 6.94. The van der Waals surface area contributed by atoms with Gasteiger partial charge in [0.2, 0.25) is 0 Å². The summed E-state index contributed by atoms with van der Waals surface area (Å²) >= 11 is 0. The molecule has 2 rings (SSSR count). The molecule has 25 heavy (non-hydrogen) atoms. The maximum Gasteiger partial charge on any atom is 0.416 e. The van der Waals surface area contributed by atoms with Crippen molar-refractivity contribution in [2.24, 2.45) is 0 Å². The molecule has 1 aromatic rings. The summed E-state index contributed by atoms with van der Waals surface area (Å²) in [5, 5.41) is 3.00. The smallest absolute Gasteiger partial charge is 0.314 e. The standard InChI is InChI=1S/C14H15F7N2.2ClH/c1-8(23-4-2-22-3-5-23)12-10(14(19,20)21)6-9(7-11(12)15)13(16,17)18;;/h6-8,22H,2-5H2,1H3;2*1H/t8-;;/m0../s1. The SMILES string of the molecule is C[C@@H](c1c(F)cc(C(F)(F)F)cc1C(F)(F)F)N1CCNCC1.Cl.Cl. The van der Waals surface area contributed by atoms with Gasteiger partial charge in [0, 0.05) is 37.8 Å². The molecule has 146 valence electrons. The van der Waals surface area contributed by atoms with Crippen molar-refractivity contribution in [3.8, 4) is 0 Å². The number of halogens is 9. The Morgan fingerprint density at radius 1 is 0.960 bits per heavy atom. The molecule has 1 heterocycles. The average molecular weight is 417 g/mol. The highest BCUT2D eigenvalue weighted by Crippen LogP contribution is 2.41. The maximum atomic E-state index is 14.1. The molecule has 0 unspecified atom stereocenters. The van der Waals surface area contributed by atoms with E-state index in [0.717, 1.165) is 0 Å². The van der Waals surface area contributed by atoms with Gasteiger partial charge in [0.05, 0.1) is 11.1 Å². The quantitative estimate of drug-likeness (QED) is 0.704. The van der Waals surface area contributed by atoms with Crippen molar-refractivity contribution < 1.29 is 30.7 Å². The highest BCUT2D eigenvalue weighted by molar-refractivity contribution is 5.85. The summed E-state index contributed by atoms with van der Waals surface area (Å²) in [6.07, 6.45) is -10.1. The van der Waals surface area contributed by atoms with E-state index < -0.39 is 40.9 Å². The van der Waals surface area contributed by atoms with Crippen molar-refractivity contribution >= 4 is 24.8 Å². The molecule has 11 heteroatoms. The molecule has 2 nitrogen and oxygen atoms in total. The molecule has 1 aliphatic heterocycles. The van der Waals surface area contributed by atoms with Crippen LogP contribution >= 0.6 is 24.8 Å². The van der Waals surface area contributed by atoms with Gasteiger partial charge in [-0.3, -0.25) is 4.90 Å². The van der Waals surface area contributed by atoms with Gasteiger partial charge >= 0.3 is 12.4 Å². The summed E-state index contributed by atoms with van der Waals surface area (Å²) < 4.78 is 91.6. The third-order valence-corrected chi connectivity index (χ3v) is 3.88. The van der Waals surface area contributed by atoms with E-state index in [2.05, 4.69) is 5.32 Å². The predicted molar refractivity (Wildman–Crippen MR) is 83.8 cm³/mol. The topological polar surface area (TPSA) is 15.3 Å². The van der Waals surface area contributed by atoms with Crippen LogP contribution in [0.1, 0.15) is 29.7 Å². The number of piperazine rings is 1. The van der Waals surface area contributed by atoms with E-state index in [1.165, 1.54) is 6.92 Å². The molecule has 1 atom stereocenters. The van der Waals surface area contributed by atoms with Gasteiger partial charge in [0.25, 0.3) is 0 Å². The number of nitrogens with one attached hydrogen (secondary N) is 1. The number of alkyl halides is 6. The van der Waals surface area contributed by atoms with Crippen molar-refractivity contribution in [1.82, 2.24) is 10.2 Å². The van der Waals surface area contributed by atoms with Gasteiger partial charge in [-0.1, -0.05) is 0 Å². The molecule has 0 aliphatic carbocycles. The lowest BCUT2D eigenvalue weighted by Gasteiger charge is -2.34. The van der Waals surface area contributed by atoms with Crippen LogP contribution in [0.25, 0.3) is 0 Å². The zero-order chi connectivity index (χ0) is 17.4. The Bertz CT molecular complexity index is 570. The zero-order valence-electron chi connectivity index (χ0n) is 13.0. The number of rotatable bonds is 2. The Morgan fingerprint density at radius 3 is 1.92 bits per heavy atom. The fraction of sp³-hybridized carbons (Fsp3) is 0.571. The van der Waals surface area contributed by atoms with Crippen molar-refractivity contribution in [2.75, 3.05) is 26.2 Å². The van der Waals surface area contributed by atoms with Crippen LogP contribution in [-0.4, -0.2) is 31.1 Å². The second-order valence-corrected chi connectivity index (χ2v) is 5.38. The normalized spacial score (nSPS) is 17.4. The third-order valence-electron chi connectivity index (χ3n) is 3.88. The fourth-order valence-corrected chi connectivity index (χ4v) is 2.69. The van der Waals surface area contributed by atoms with Crippen LogP contribution in [0, 0.1) is 5.82 Å². The first-order chi connectivity index (χ1) is 10.5. The van der Waals surface area contributed by atoms with Gasteiger partial charge in [-0.25, -0.2) is 4.39 Å². The first-order valence-corrected chi connectivity index (χ1v) is 6.94. The third kappa shape index (κ3) is 5.60. The predicted octanol–water partition coefficient (Wildman–Crippen LogP) is 4.67. The van der Waals surface area contributed by atoms with E-state index in [0.29, 0.717) is 26.2 Å². The molecular formula is C14H17Cl2F7N2. The van der Waals surface area contributed by atoms with Gasteiger partial charge in [-0.05, 0) is 19.1 Å². The summed E-state index contributed by atoms with van der Waals surface area (Å²) in [4.78, 5) is 1.61. The fourth-order valence-electron chi connectivity index (χ4n) is 2.69. The lowest BCUT2D eigenvalue weighted by atomic mass is 9.96. The number of benzene rings is 1. The molecule has 1 saturated heterocycles. The molecule has 0 spiro atoms. The van der Waals surface area contributed by atoms with Crippen LogP contribution in [0.15, 0.2) is 12.1 Å². The van der Waals surface area contributed by atoms with Gasteiger partial charge in [0.15, 0.2) is 0 Å². The molecule has 0 amide bonds. The van der Waals surface area contributed by atoms with Crippen LogP contribution in [0.2, 0.25) is 0 Å². The monoisotopic (exact) mass is 416 g/mol. The number of nitrogens with zero attached hydrogens (tertiary/aromatic N) is 1. The highest BCUT2D eigenvalue weighted by atomic mass is 35.5. The maximum absolute atomic E-state index is 14.1. The van der Waals surface area contributed by atoms with E-state index in [1.807, 2.05) is 0 Å². The lowest BCUT2D eigenvalue weighted by molar-refractivity contribution is -0.144. The average Bonchev–Trinajstić information content (AvgIpc) is 2.44. The van der Waals surface area contributed by atoms with Gasteiger partial charge in [-0.15, -0.1) is 24.8 Å². The van der Waals surface area contributed by atoms with E-state index in [4.69, 9.17) is 0 Å². The second kappa shape index (κ2) is 8.75. The van der Waals surface area contributed by atoms with Crippen LogP contribution in [0.4, 0.5) is 30.7 Å². The summed E-state index contributed by atoms with van der Waals surface area (Å²) in [7, 11) is 0. The Hall–Kier alpha value is -0.770. The first kappa shape index (κ1) is 24.2. The van der Waals surface area contributed by atoms with E-state index in [9.17, 15) is 30.7 Å². The molecule has 0 aromatic heterocycles. The summed E-state index contributed by atoms with van der Waals surface area (Å²) in [6.45, 7) is 3.19. The van der Waals surface area contributed by atoms with Crippen molar-refractivity contribution in [2.45, 2.75) is 25.3 Å². The Balaban J connectivity index is 0.00000288. The van der Waals surface area contributed by atoms with Gasteiger partial charge in [-0.2, -0.15) is 26.3 Å². The molecule has 0 saturated carbocycles. The summed E-state index contributed by atoms with van der Waals surface area (Å²) in [5.41, 5.74) is -3.96. The molecule has 0 radical (unpaired) electrons. The van der Waals surface area contributed by atoms with Crippen molar-refractivity contribution in [3.63, 3.8) is 0 Å². The van der Waals surface area contributed by atoms with Gasteiger partial charge in [0.1, 0.15) is 5.82 Å². The molecule has 1 aromatic carbocycles. The van der Waals surface area contributed by atoms with Crippen molar-refractivity contribution in [3.05, 3.63) is 34.6 Å². The van der Waals surface area contributed by atoms with Crippen LogP contribution in [-0.2, 0) is 12.4 Å². The van der Waals surface area contributed by atoms with Crippen LogP contribution in [0.5, 0.6) is 0 Å².